The van der Waals surface area contributed by atoms with Crippen LogP contribution >= 0.6 is 23.1 Å². The summed E-state index contributed by atoms with van der Waals surface area (Å²) in [5, 5.41) is 7.68. The summed E-state index contributed by atoms with van der Waals surface area (Å²) >= 11 is 3.05. The van der Waals surface area contributed by atoms with E-state index in [1.807, 2.05) is 72.1 Å². The number of thioether (sulfide) groups is 1. The third-order valence-electron chi connectivity index (χ3n) is 4.06. The van der Waals surface area contributed by atoms with E-state index in [0.717, 1.165) is 11.3 Å². The van der Waals surface area contributed by atoms with Gasteiger partial charge in [0.25, 0.3) is 5.91 Å². The Labute approximate surface area is 173 Å². The van der Waals surface area contributed by atoms with Gasteiger partial charge in [-0.1, -0.05) is 54.6 Å². The average Bonchev–Trinajstić information content (AvgIpc) is 3.27. The molecule has 0 saturated carbocycles. The second-order valence-electron chi connectivity index (χ2n) is 6.15. The van der Waals surface area contributed by atoms with Crippen molar-refractivity contribution in [2.75, 3.05) is 12.3 Å². The quantitative estimate of drug-likeness (QED) is 0.414. The maximum absolute atomic E-state index is 12.7. The standard InChI is InChI=1S/C22H22N2O2S2/c25-21(23-13-15-27-18-10-5-2-6-11-18)19(16-17-8-3-1-4-9-17)24-22(26)20-12-7-14-28-20/h1-12,14,19H,13,15-16H2,(H,23,25)(H,24,26). The first-order valence-electron chi connectivity index (χ1n) is 9.06. The lowest BCUT2D eigenvalue weighted by molar-refractivity contribution is -0.122. The van der Waals surface area contributed by atoms with E-state index in [4.69, 9.17) is 0 Å². The molecule has 0 aliphatic carbocycles. The maximum atomic E-state index is 12.7. The first-order chi connectivity index (χ1) is 13.7. The number of rotatable bonds is 9. The van der Waals surface area contributed by atoms with Crippen LogP contribution in [0.4, 0.5) is 0 Å². The van der Waals surface area contributed by atoms with Gasteiger partial charge in [-0.05, 0) is 29.1 Å². The maximum Gasteiger partial charge on any atom is 0.262 e. The monoisotopic (exact) mass is 410 g/mol. The molecule has 0 saturated heterocycles. The molecule has 0 fully saturated rings. The van der Waals surface area contributed by atoms with Gasteiger partial charge in [0.15, 0.2) is 0 Å². The summed E-state index contributed by atoms with van der Waals surface area (Å²) in [4.78, 5) is 26.9. The van der Waals surface area contributed by atoms with Crippen molar-refractivity contribution in [1.29, 1.82) is 0 Å². The lowest BCUT2D eigenvalue weighted by atomic mass is 10.1. The summed E-state index contributed by atoms with van der Waals surface area (Å²) in [5.41, 5.74) is 1.01. The van der Waals surface area contributed by atoms with E-state index in [1.165, 1.54) is 16.2 Å². The molecule has 0 radical (unpaired) electrons. The molecule has 144 valence electrons. The molecule has 2 amide bonds. The van der Waals surface area contributed by atoms with Gasteiger partial charge in [-0.25, -0.2) is 0 Å². The SMILES string of the molecule is O=C(NC(Cc1ccccc1)C(=O)NCCSc1ccccc1)c1cccs1. The van der Waals surface area contributed by atoms with E-state index < -0.39 is 6.04 Å². The highest BCUT2D eigenvalue weighted by molar-refractivity contribution is 7.99. The highest BCUT2D eigenvalue weighted by Gasteiger charge is 2.22. The zero-order valence-corrected chi connectivity index (χ0v) is 17.0. The predicted molar refractivity (Wildman–Crippen MR) is 116 cm³/mol. The van der Waals surface area contributed by atoms with Crippen molar-refractivity contribution in [2.24, 2.45) is 0 Å². The Balaban J connectivity index is 1.56. The van der Waals surface area contributed by atoms with Gasteiger partial charge in [-0.15, -0.1) is 23.1 Å². The molecular formula is C22H22N2O2S2. The molecule has 28 heavy (non-hydrogen) atoms. The minimum Gasteiger partial charge on any atom is -0.353 e. The van der Waals surface area contributed by atoms with Crippen LogP contribution < -0.4 is 10.6 Å². The molecule has 2 N–H and O–H groups in total. The summed E-state index contributed by atoms with van der Waals surface area (Å²) in [7, 11) is 0. The van der Waals surface area contributed by atoms with Crippen molar-refractivity contribution in [3.8, 4) is 0 Å². The highest BCUT2D eigenvalue weighted by atomic mass is 32.2. The van der Waals surface area contributed by atoms with E-state index in [0.29, 0.717) is 17.8 Å². The van der Waals surface area contributed by atoms with Crippen molar-refractivity contribution < 1.29 is 9.59 Å². The van der Waals surface area contributed by atoms with E-state index in [2.05, 4.69) is 10.6 Å². The molecule has 6 heteroatoms. The minimum absolute atomic E-state index is 0.164. The van der Waals surface area contributed by atoms with Crippen molar-refractivity contribution in [2.45, 2.75) is 17.4 Å². The Morgan fingerprint density at radius 2 is 1.64 bits per heavy atom. The van der Waals surface area contributed by atoms with Crippen LogP contribution in [0.3, 0.4) is 0 Å². The zero-order chi connectivity index (χ0) is 19.6. The number of hydrogen-bond donors (Lipinski definition) is 2. The molecule has 1 aromatic heterocycles. The number of carbonyl (C=O) groups excluding carboxylic acids is 2. The topological polar surface area (TPSA) is 58.2 Å². The van der Waals surface area contributed by atoms with Crippen LogP contribution in [-0.2, 0) is 11.2 Å². The first-order valence-corrected chi connectivity index (χ1v) is 10.9. The summed E-state index contributed by atoms with van der Waals surface area (Å²) in [6, 6.07) is 22.8. The second-order valence-corrected chi connectivity index (χ2v) is 8.26. The summed E-state index contributed by atoms with van der Waals surface area (Å²) in [6.45, 7) is 0.540. The summed E-state index contributed by atoms with van der Waals surface area (Å²) < 4.78 is 0. The smallest absolute Gasteiger partial charge is 0.262 e. The molecule has 0 aliphatic rings. The molecule has 2 aromatic carbocycles. The van der Waals surface area contributed by atoms with Crippen molar-refractivity contribution >= 4 is 34.9 Å². The zero-order valence-electron chi connectivity index (χ0n) is 15.3. The van der Waals surface area contributed by atoms with E-state index >= 15 is 0 Å². The van der Waals surface area contributed by atoms with Gasteiger partial charge in [-0.2, -0.15) is 0 Å². The van der Waals surface area contributed by atoms with Crippen LogP contribution in [0.1, 0.15) is 15.2 Å². The van der Waals surface area contributed by atoms with Gasteiger partial charge < -0.3 is 10.6 Å². The Morgan fingerprint density at radius 1 is 0.929 bits per heavy atom. The van der Waals surface area contributed by atoms with Crippen LogP contribution in [-0.4, -0.2) is 30.2 Å². The minimum atomic E-state index is -0.612. The van der Waals surface area contributed by atoms with Crippen LogP contribution in [0.15, 0.2) is 83.1 Å². The van der Waals surface area contributed by atoms with E-state index in [1.54, 1.807) is 17.8 Å². The third kappa shape index (κ3) is 6.25. The summed E-state index contributed by atoms with van der Waals surface area (Å²) in [5.74, 6) is 0.388. The molecule has 0 aliphatic heterocycles. The van der Waals surface area contributed by atoms with Gasteiger partial charge >= 0.3 is 0 Å². The number of carbonyl (C=O) groups is 2. The second kappa shape index (κ2) is 10.7. The summed E-state index contributed by atoms with van der Waals surface area (Å²) in [6.07, 6.45) is 0.454. The molecule has 0 spiro atoms. The van der Waals surface area contributed by atoms with E-state index in [9.17, 15) is 9.59 Å². The fourth-order valence-corrected chi connectivity index (χ4v) is 4.10. The number of amides is 2. The largest absolute Gasteiger partial charge is 0.353 e. The Morgan fingerprint density at radius 3 is 2.32 bits per heavy atom. The van der Waals surface area contributed by atoms with Gasteiger partial charge in [0.1, 0.15) is 6.04 Å². The lowest BCUT2D eigenvalue weighted by Crippen LogP contribution is -2.48. The van der Waals surface area contributed by atoms with Crippen LogP contribution in [0.25, 0.3) is 0 Å². The molecule has 1 unspecified atom stereocenters. The third-order valence-corrected chi connectivity index (χ3v) is 5.95. The first kappa shape index (κ1) is 20.2. The predicted octanol–water partition coefficient (Wildman–Crippen LogP) is 4.00. The molecule has 3 aromatic rings. The molecule has 3 rings (SSSR count). The number of nitrogens with one attached hydrogen (secondary N) is 2. The fraction of sp³-hybridized carbons (Fsp3) is 0.182. The van der Waals surface area contributed by atoms with Gasteiger partial charge in [0.05, 0.1) is 4.88 Å². The van der Waals surface area contributed by atoms with Crippen molar-refractivity contribution in [3.63, 3.8) is 0 Å². The van der Waals surface area contributed by atoms with Crippen LogP contribution in [0, 0.1) is 0 Å². The van der Waals surface area contributed by atoms with Gasteiger partial charge in [0, 0.05) is 23.6 Å². The molecule has 0 bridgehead atoms. The van der Waals surface area contributed by atoms with Crippen LogP contribution in [0.2, 0.25) is 0 Å². The van der Waals surface area contributed by atoms with Gasteiger partial charge in [0.2, 0.25) is 5.91 Å². The molecule has 1 atom stereocenters. The Bertz CT molecular complexity index is 868. The molecule has 4 nitrogen and oxygen atoms in total. The fourth-order valence-electron chi connectivity index (χ4n) is 2.68. The average molecular weight is 411 g/mol. The Kier molecular flexibility index (Phi) is 7.70. The van der Waals surface area contributed by atoms with Crippen LogP contribution in [0.5, 0.6) is 0 Å². The van der Waals surface area contributed by atoms with Crippen molar-refractivity contribution in [3.05, 3.63) is 88.6 Å². The Hall–Kier alpha value is -2.57. The van der Waals surface area contributed by atoms with Crippen molar-refractivity contribution in [1.82, 2.24) is 10.6 Å². The van der Waals surface area contributed by atoms with Gasteiger partial charge in [-0.3, -0.25) is 9.59 Å². The highest BCUT2D eigenvalue weighted by Crippen LogP contribution is 2.16. The number of benzene rings is 2. The van der Waals surface area contributed by atoms with E-state index in [-0.39, 0.29) is 11.8 Å². The number of hydrogen-bond acceptors (Lipinski definition) is 4. The lowest BCUT2D eigenvalue weighted by Gasteiger charge is -2.18. The normalized spacial score (nSPS) is 11.6. The molecular weight excluding hydrogens is 388 g/mol. The number of thiophene rings is 1. The molecule has 1 heterocycles.